The van der Waals surface area contributed by atoms with Crippen molar-refractivity contribution in [1.29, 1.82) is 0 Å². The van der Waals surface area contributed by atoms with Crippen LogP contribution in [0.3, 0.4) is 0 Å². The van der Waals surface area contributed by atoms with E-state index in [-0.39, 0.29) is 16.4 Å². The maximum atomic E-state index is 12.7. The third-order valence-corrected chi connectivity index (χ3v) is 5.78. The van der Waals surface area contributed by atoms with Crippen molar-refractivity contribution >= 4 is 45.4 Å². The molecular formula is C26H21ClN2O6. The lowest BCUT2D eigenvalue weighted by atomic mass is 9.99. The molecule has 0 aliphatic carbocycles. The number of nitro groups is 1. The summed E-state index contributed by atoms with van der Waals surface area (Å²) in [6, 6.07) is 15.4. The molecular weight excluding hydrogens is 472 g/mol. The van der Waals surface area contributed by atoms with Crippen LogP contribution in [0.25, 0.3) is 27.7 Å². The van der Waals surface area contributed by atoms with Crippen LogP contribution in [-0.4, -0.2) is 25.1 Å². The fourth-order valence-electron chi connectivity index (χ4n) is 3.73. The van der Waals surface area contributed by atoms with E-state index in [0.29, 0.717) is 22.5 Å². The summed E-state index contributed by atoms with van der Waals surface area (Å²) in [6.45, 7) is 1.78. The number of anilines is 1. The van der Waals surface area contributed by atoms with Crippen LogP contribution in [0.1, 0.15) is 12.5 Å². The highest BCUT2D eigenvalue weighted by atomic mass is 35.5. The Labute approximate surface area is 205 Å². The molecule has 3 aromatic carbocycles. The van der Waals surface area contributed by atoms with Crippen LogP contribution in [0, 0.1) is 10.1 Å². The van der Waals surface area contributed by atoms with E-state index in [0.717, 1.165) is 22.3 Å². The number of benzene rings is 3. The minimum atomic E-state index is -0.607. The van der Waals surface area contributed by atoms with Crippen LogP contribution in [-0.2, 0) is 4.79 Å². The molecule has 4 rings (SSSR count). The molecule has 0 bridgehead atoms. The zero-order valence-electron chi connectivity index (χ0n) is 19.1. The van der Waals surface area contributed by atoms with Gasteiger partial charge in [0.25, 0.3) is 5.69 Å². The molecule has 0 fully saturated rings. The summed E-state index contributed by atoms with van der Waals surface area (Å²) < 4.78 is 16.6. The summed E-state index contributed by atoms with van der Waals surface area (Å²) in [5, 5.41) is 14.6. The molecule has 1 N–H and O–H groups in total. The van der Waals surface area contributed by atoms with E-state index in [9.17, 15) is 14.9 Å². The van der Waals surface area contributed by atoms with Gasteiger partial charge in [-0.2, -0.15) is 0 Å². The van der Waals surface area contributed by atoms with Crippen LogP contribution < -0.4 is 14.8 Å². The van der Waals surface area contributed by atoms with E-state index >= 15 is 0 Å². The van der Waals surface area contributed by atoms with Crippen molar-refractivity contribution < 1.29 is 23.6 Å². The number of hydrogen-bond donors (Lipinski definition) is 1. The Balaban J connectivity index is 1.69. The number of ether oxygens (including phenoxy) is 2. The number of hydrogen-bond acceptors (Lipinski definition) is 6. The lowest BCUT2D eigenvalue weighted by molar-refractivity contribution is -0.384. The minimum Gasteiger partial charge on any atom is -0.497 e. The molecule has 0 saturated carbocycles. The van der Waals surface area contributed by atoms with Crippen molar-refractivity contribution in [2.45, 2.75) is 6.92 Å². The highest BCUT2D eigenvalue weighted by Gasteiger charge is 2.16. The number of nitro benzene ring substituents is 1. The van der Waals surface area contributed by atoms with Gasteiger partial charge in [0, 0.05) is 40.4 Å². The Morgan fingerprint density at radius 1 is 1.11 bits per heavy atom. The molecule has 35 heavy (non-hydrogen) atoms. The van der Waals surface area contributed by atoms with Gasteiger partial charge in [0.15, 0.2) is 0 Å². The summed E-state index contributed by atoms with van der Waals surface area (Å²) in [5.74, 6) is 0.801. The standard InChI is InChI=1S/C26H21ClN2O6/c1-15(9-26(30)28-17-7-8-22(27)23(11-17)29(31)32)19-12-20-21(14-35-25(20)13-24(19)34-3)16-5-4-6-18(10-16)33-2/h4-14H,1-3H3,(H,28,30)/b15-9+. The molecule has 178 valence electrons. The second kappa shape index (κ2) is 9.90. The largest absolute Gasteiger partial charge is 0.497 e. The molecule has 1 amide bonds. The summed E-state index contributed by atoms with van der Waals surface area (Å²) >= 11 is 5.84. The zero-order chi connectivity index (χ0) is 25.1. The number of carbonyl (C=O) groups excluding carboxylic acids is 1. The van der Waals surface area contributed by atoms with Crippen molar-refractivity contribution in [2.75, 3.05) is 19.5 Å². The fourth-order valence-corrected chi connectivity index (χ4v) is 3.92. The Bertz CT molecular complexity index is 1470. The van der Waals surface area contributed by atoms with Crippen LogP contribution in [0.5, 0.6) is 11.5 Å². The van der Waals surface area contributed by atoms with E-state index in [1.165, 1.54) is 31.4 Å². The van der Waals surface area contributed by atoms with Crippen LogP contribution in [0.4, 0.5) is 11.4 Å². The fraction of sp³-hybridized carbons (Fsp3) is 0.115. The number of methoxy groups -OCH3 is 2. The van der Waals surface area contributed by atoms with Crippen molar-refractivity contribution in [2.24, 2.45) is 0 Å². The third kappa shape index (κ3) is 4.97. The van der Waals surface area contributed by atoms with Crippen LogP contribution in [0.15, 0.2) is 71.4 Å². The number of rotatable bonds is 7. The Morgan fingerprint density at radius 2 is 1.91 bits per heavy atom. The van der Waals surface area contributed by atoms with Gasteiger partial charge in [-0.25, -0.2) is 0 Å². The monoisotopic (exact) mass is 492 g/mol. The average molecular weight is 493 g/mol. The van der Waals surface area contributed by atoms with Gasteiger partial charge in [-0.1, -0.05) is 23.7 Å². The molecule has 0 unspecified atom stereocenters. The molecule has 0 aliphatic heterocycles. The normalized spacial score (nSPS) is 11.4. The third-order valence-electron chi connectivity index (χ3n) is 5.46. The predicted molar refractivity (Wildman–Crippen MR) is 135 cm³/mol. The van der Waals surface area contributed by atoms with E-state index in [1.807, 2.05) is 30.3 Å². The van der Waals surface area contributed by atoms with Gasteiger partial charge in [0.2, 0.25) is 5.91 Å². The average Bonchev–Trinajstić information content (AvgIpc) is 3.27. The van der Waals surface area contributed by atoms with E-state index in [4.69, 9.17) is 25.5 Å². The molecule has 0 atom stereocenters. The van der Waals surface area contributed by atoms with E-state index < -0.39 is 10.8 Å². The number of halogens is 1. The molecule has 8 nitrogen and oxygen atoms in total. The Hall–Kier alpha value is -4.30. The summed E-state index contributed by atoms with van der Waals surface area (Å²) in [7, 11) is 3.15. The number of carbonyl (C=O) groups is 1. The number of furan rings is 1. The molecule has 0 saturated heterocycles. The van der Waals surface area contributed by atoms with Gasteiger partial charge < -0.3 is 19.2 Å². The van der Waals surface area contributed by atoms with E-state index in [2.05, 4.69) is 5.32 Å². The van der Waals surface area contributed by atoms with Crippen molar-refractivity contribution in [3.05, 3.63) is 87.6 Å². The molecule has 9 heteroatoms. The SMILES string of the molecule is COc1cccc(-c2coc3cc(OC)c(/C(C)=C/C(=O)Nc4ccc(Cl)c([N+](=O)[O-])c4)cc23)c1. The van der Waals surface area contributed by atoms with Crippen molar-refractivity contribution in [1.82, 2.24) is 0 Å². The first-order chi connectivity index (χ1) is 16.8. The second-order valence-corrected chi connectivity index (χ2v) is 8.08. The summed E-state index contributed by atoms with van der Waals surface area (Å²) in [4.78, 5) is 23.2. The van der Waals surface area contributed by atoms with Gasteiger partial charge in [-0.15, -0.1) is 0 Å². The van der Waals surface area contributed by atoms with Crippen LogP contribution >= 0.6 is 11.6 Å². The van der Waals surface area contributed by atoms with E-state index in [1.54, 1.807) is 26.4 Å². The maximum Gasteiger partial charge on any atom is 0.289 e. The topological polar surface area (TPSA) is 104 Å². The lowest BCUT2D eigenvalue weighted by Crippen LogP contribution is -2.09. The number of fused-ring (bicyclic) bond motifs is 1. The van der Waals surface area contributed by atoms with Gasteiger partial charge in [-0.05, 0) is 48.4 Å². The number of allylic oxidation sites excluding steroid dienone is 1. The smallest absolute Gasteiger partial charge is 0.289 e. The molecule has 4 aromatic rings. The number of nitrogens with one attached hydrogen (secondary N) is 1. The lowest BCUT2D eigenvalue weighted by Gasteiger charge is -2.10. The predicted octanol–water partition coefficient (Wildman–Crippen LogP) is 6.72. The molecule has 1 aromatic heterocycles. The zero-order valence-corrected chi connectivity index (χ0v) is 19.9. The maximum absolute atomic E-state index is 12.7. The summed E-state index contributed by atoms with van der Waals surface area (Å²) in [5.41, 5.74) is 3.71. The highest BCUT2D eigenvalue weighted by Crippen LogP contribution is 2.38. The molecule has 0 radical (unpaired) electrons. The van der Waals surface area contributed by atoms with Gasteiger partial charge in [0.05, 0.1) is 25.4 Å². The molecule has 0 spiro atoms. The summed E-state index contributed by atoms with van der Waals surface area (Å²) in [6.07, 6.45) is 3.07. The number of amides is 1. The van der Waals surface area contributed by atoms with Gasteiger partial charge >= 0.3 is 0 Å². The highest BCUT2D eigenvalue weighted by molar-refractivity contribution is 6.32. The first-order valence-electron chi connectivity index (χ1n) is 10.5. The molecule has 1 heterocycles. The first kappa shape index (κ1) is 23.8. The minimum absolute atomic E-state index is 0.00953. The second-order valence-electron chi connectivity index (χ2n) is 7.67. The van der Waals surface area contributed by atoms with Crippen LogP contribution in [0.2, 0.25) is 5.02 Å². The van der Waals surface area contributed by atoms with Gasteiger partial charge in [-0.3, -0.25) is 14.9 Å². The van der Waals surface area contributed by atoms with Crippen molar-refractivity contribution in [3.8, 4) is 22.6 Å². The Kier molecular flexibility index (Phi) is 6.75. The van der Waals surface area contributed by atoms with Crippen molar-refractivity contribution in [3.63, 3.8) is 0 Å². The molecule has 0 aliphatic rings. The quantitative estimate of drug-likeness (QED) is 0.174. The Morgan fingerprint density at radius 3 is 2.63 bits per heavy atom. The van der Waals surface area contributed by atoms with Gasteiger partial charge in [0.1, 0.15) is 22.1 Å². The number of nitrogens with zero attached hydrogens (tertiary/aromatic N) is 1. The first-order valence-corrected chi connectivity index (χ1v) is 10.9.